The number of urea groups is 1. The van der Waals surface area contributed by atoms with Gasteiger partial charge in [-0.1, -0.05) is 6.92 Å². The lowest BCUT2D eigenvalue weighted by atomic mass is 10.00. The standard InChI is InChI=1S/C12H25N3O3/c1-6-12(2,10(16)17)13-11(18)15(5)9-7-8-14(3)4/h6-9H2,1-5H3,(H,13,18)(H,16,17). The van der Waals surface area contributed by atoms with Crippen LogP contribution in [0.15, 0.2) is 0 Å². The van der Waals surface area contributed by atoms with Crippen molar-refractivity contribution in [2.45, 2.75) is 32.2 Å². The summed E-state index contributed by atoms with van der Waals surface area (Å²) in [5.41, 5.74) is -1.20. The molecule has 0 heterocycles. The van der Waals surface area contributed by atoms with Gasteiger partial charge in [0.25, 0.3) is 0 Å². The van der Waals surface area contributed by atoms with Crippen LogP contribution in [0.1, 0.15) is 26.7 Å². The van der Waals surface area contributed by atoms with Crippen molar-refractivity contribution < 1.29 is 14.7 Å². The number of carbonyl (C=O) groups excluding carboxylic acids is 1. The number of hydrogen-bond donors (Lipinski definition) is 2. The first kappa shape index (κ1) is 16.7. The van der Waals surface area contributed by atoms with Gasteiger partial charge in [-0.3, -0.25) is 0 Å². The fraction of sp³-hybridized carbons (Fsp3) is 0.833. The summed E-state index contributed by atoms with van der Waals surface area (Å²) in [5, 5.41) is 11.6. The average Bonchev–Trinajstić information content (AvgIpc) is 2.27. The molecule has 1 atom stereocenters. The molecule has 0 aromatic rings. The highest BCUT2D eigenvalue weighted by Gasteiger charge is 2.33. The summed E-state index contributed by atoms with van der Waals surface area (Å²) in [5.74, 6) is -1.01. The van der Waals surface area contributed by atoms with Gasteiger partial charge >= 0.3 is 12.0 Å². The number of carboxylic acids is 1. The molecule has 0 aliphatic carbocycles. The van der Waals surface area contributed by atoms with Gasteiger partial charge in [-0.05, 0) is 40.4 Å². The highest BCUT2D eigenvalue weighted by atomic mass is 16.4. The highest BCUT2D eigenvalue weighted by molar-refractivity contribution is 5.85. The average molecular weight is 259 g/mol. The molecule has 18 heavy (non-hydrogen) atoms. The molecular weight excluding hydrogens is 234 g/mol. The summed E-state index contributed by atoms with van der Waals surface area (Å²) in [6, 6.07) is -0.347. The van der Waals surface area contributed by atoms with Crippen molar-refractivity contribution in [1.82, 2.24) is 15.1 Å². The summed E-state index contributed by atoms with van der Waals surface area (Å²) in [6.07, 6.45) is 1.20. The summed E-state index contributed by atoms with van der Waals surface area (Å²) >= 11 is 0. The minimum atomic E-state index is -1.20. The molecule has 106 valence electrons. The molecule has 0 radical (unpaired) electrons. The van der Waals surface area contributed by atoms with E-state index in [4.69, 9.17) is 5.11 Å². The largest absolute Gasteiger partial charge is 0.480 e. The van der Waals surface area contributed by atoms with Gasteiger partial charge in [-0.15, -0.1) is 0 Å². The molecule has 0 saturated heterocycles. The zero-order valence-electron chi connectivity index (χ0n) is 12.0. The van der Waals surface area contributed by atoms with Crippen molar-refractivity contribution in [2.75, 3.05) is 34.2 Å². The van der Waals surface area contributed by atoms with Gasteiger partial charge in [0.05, 0.1) is 0 Å². The molecule has 1 unspecified atom stereocenters. The van der Waals surface area contributed by atoms with Gasteiger partial charge < -0.3 is 20.2 Å². The van der Waals surface area contributed by atoms with Crippen molar-refractivity contribution in [3.63, 3.8) is 0 Å². The number of rotatable bonds is 7. The number of carbonyl (C=O) groups is 2. The Morgan fingerprint density at radius 1 is 1.22 bits per heavy atom. The SMILES string of the molecule is CCC(C)(NC(=O)N(C)CCCN(C)C)C(=O)O. The summed E-state index contributed by atoms with van der Waals surface area (Å²) in [6.45, 7) is 4.74. The summed E-state index contributed by atoms with van der Waals surface area (Å²) in [7, 11) is 5.61. The van der Waals surface area contributed by atoms with E-state index < -0.39 is 11.5 Å². The third-order valence-corrected chi connectivity index (χ3v) is 3.01. The van der Waals surface area contributed by atoms with Gasteiger partial charge in [0, 0.05) is 13.6 Å². The van der Waals surface area contributed by atoms with Crippen LogP contribution < -0.4 is 5.32 Å². The molecule has 6 nitrogen and oxygen atoms in total. The van der Waals surface area contributed by atoms with Crippen LogP contribution in [0.4, 0.5) is 4.79 Å². The molecule has 2 amide bonds. The second-order valence-electron chi connectivity index (χ2n) is 5.00. The zero-order valence-corrected chi connectivity index (χ0v) is 12.0. The van der Waals surface area contributed by atoms with Crippen molar-refractivity contribution >= 4 is 12.0 Å². The molecule has 0 aromatic heterocycles. The Morgan fingerprint density at radius 3 is 2.17 bits per heavy atom. The van der Waals surface area contributed by atoms with E-state index in [0.717, 1.165) is 13.0 Å². The first-order chi connectivity index (χ1) is 8.23. The van der Waals surface area contributed by atoms with E-state index in [1.807, 2.05) is 19.0 Å². The Labute approximate surface area is 109 Å². The molecule has 0 aliphatic heterocycles. The van der Waals surface area contributed by atoms with Crippen LogP contribution in [0.25, 0.3) is 0 Å². The Balaban J connectivity index is 4.26. The van der Waals surface area contributed by atoms with Gasteiger partial charge in [-0.25, -0.2) is 9.59 Å². The predicted octanol–water partition coefficient (Wildman–Crippen LogP) is 0.833. The Morgan fingerprint density at radius 2 is 1.78 bits per heavy atom. The molecule has 0 saturated carbocycles. The van der Waals surface area contributed by atoms with Crippen molar-refractivity contribution in [2.24, 2.45) is 0 Å². The monoisotopic (exact) mass is 259 g/mol. The molecule has 0 aromatic carbocycles. The number of nitrogens with one attached hydrogen (secondary N) is 1. The first-order valence-electron chi connectivity index (χ1n) is 6.14. The molecule has 0 fully saturated rings. The van der Waals surface area contributed by atoms with E-state index in [1.165, 1.54) is 11.8 Å². The summed E-state index contributed by atoms with van der Waals surface area (Å²) < 4.78 is 0. The van der Waals surface area contributed by atoms with Crippen LogP contribution >= 0.6 is 0 Å². The fourth-order valence-corrected chi connectivity index (χ4v) is 1.35. The van der Waals surface area contributed by atoms with E-state index >= 15 is 0 Å². The lowest BCUT2D eigenvalue weighted by molar-refractivity contribution is -0.143. The fourth-order valence-electron chi connectivity index (χ4n) is 1.35. The molecule has 0 aliphatic rings. The van der Waals surface area contributed by atoms with Crippen LogP contribution in [0.5, 0.6) is 0 Å². The van der Waals surface area contributed by atoms with E-state index in [2.05, 4.69) is 5.32 Å². The Bertz CT molecular complexity index is 294. The third kappa shape index (κ3) is 5.35. The quantitative estimate of drug-likeness (QED) is 0.710. The van der Waals surface area contributed by atoms with Crippen molar-refractivity contribution in [1.29, 1.82) is 0 Å². The zero-order chi connectivity index (χ0) is 14.3. The Hall–Kier alpha value is -1.30. The van der Waals surface area contributed by atoms with Gasteiger partial charge in [0.2, 0.25) is 0 Å². The first-order valence-corrected chi connectivity index (χ1v) is 6.14. The Kier molecular flexibility index (Phi) is 6.68. The third-order valence-electron chi connectivity index (χ3n) is 3.01. The maximum absolute atomic E-state index is 11.8. The smallest absolute Gasteiger partial charge is 0.329 e. The van der Waals surface area contributed by atoms with E-state index in [1.54, 1.807) is 14.0 Å². The van der Waals surface area contributed by atoms with E-state index in [9.17, 15) is 9.59 Å². The normalized spacial score (nSPS) is 14.1. The predicted molar refractivity (Wildman–Crippen MR) is 70.7 cm³/mol. The maximum atomic E-state index is 11.8. The second-order valence-corrected chi connectivity index (χ2v) is 5.00. The molecule has 6 heteroatoms. The van der Waals surface area contributed by atoms with Crippen LogP contribution in [-0.2, 0) is 4.79 Å². The lowest BCUT2D eigenvalue weighted by Crippen LogP contribution is -2.55. The number of nitrogens with zero attached hydrogens (tertiary/aromatic N) is 2. The second kappa shape index (κ2) is 7.20. The van der Waals surface area contributed by atoms with E-state index in [0.29, 0.717) is 13.0 Å². The summed E-state index contributed by atoms with van der Waals surface area (Å²) in [4.78, 5) is 26.5. The van der Waals surface area contributed by atoms with Crippen LogP contribution in [0, 0.1) is 0 Å². The van der Waals surface area contributed by atoms with Crippen molar-refractivity contribution in [3.05, 3.63) is 0 Å². The van der Waals surface area contributed by atoms with Gasteiger partial charge in [0.1, 0.15) is 5.54 Å². The molecule has 0 rings (SSSR count). The van der Waals surface area contributed by atoms with Crippen molar-refractivity contribution in [3.8, 4) is 0 Å². The molecule has 2 N–H and O–H groups in total. The van der Waals surface area contributed by atoms with E-state index in [-0.39, 0.29) is 6.03 Å². The minimum absolute atomic E-state index is 0.347. The minimum Gasteiger partial charge on any atom is -0.480 e. The van der Waals surface area contributed by atoms with Crippen LogP contribution in [0.3, 0.4) is 0 Å². The number of aliphatic carboxylic acids is 1. The molecule has 0 spiro atoms. The van der Waals surface area contributed by atoms with Crippen LogP contribution in [-0.4, -0.2) is 66.7 Å². The number of hydrogen-bond acceptors (Lipinski definition) is 3. The van der Waals surface area contributed by atoms with Crippen LogP contribution in [0.2, 0.25) is 0 Å². The number of amides is 2. The topological polar surface area (TPSA) is 72.9 Å². The molecular formula is C12H25N3O3. The lowest BCUT2D eigenvalue weighted by Gasteiger charge is -2.28. The van der Waals surface area contributed by atoms with Gasteiger partial charge in [-0.2, -0.15) is 0 Å². The number of carboxylic acid groups (broad SMARTS) is 1. The molecule has 0 bridgehead atoms. The maximum Gasteiger partial charge on any atom is 0.329 e. The van der Waals surface area contributed by atoms with Gasteiger partial charge in [0.15, 0.2) is 0 Å². The highest BCUT2D eigenvalue weighted by Crippen LogP contribution is 2.09.